The number of nitrogens with one attached hydrogen (secondary N) is 2. The van der Waals surface area contributed by atoms with Crippen LogP contribution in [-0.4, -0.2) is 28.1 Å². The Morgan fingerprint density at radius 1 is 0.962 bits per heavy atom. The molecule has 2 aromatic carbocycles. The van der Waals surface area contributed by atoms with Gasteiger partial charge in [-0.1, -0.05) is 60.7 Å². The van der Waals surface area contributed by atoms with E-state index in [0.29, 0.717) is 11.1 Å². The predicted molar refractivity (Wildman–Crippen MR) is 105 cm³/mol. The maximum Gasteiger partial charge on any atom is 0.235 e. The van der Waals surface area contributed by atoms with Gasteiger partial charge in [0, 0.05) is 24.3 Å². The highest BCUT2D eigenvalue weighted by Crippen LogP contribution is 2.18. The van der Waals surface area contributed by atoms with Gasteiger partial charge in [0.25, 0.3) is 0 Å². The highest BCUT2D eigenvalue weighted by atomic mass is 32.1. The number of thiocarbonyl (C=S) groups is 1. The molecule has 132 valence electrons. The molecule has 2 aromatic rings. The van der Waals surface area contributed by atoms with E-state index in [1.165, 1.54) is 13.1 Å². The number of rotatable bonds is 4. The minimum absolute atomic E-state index is 0.0191. The summed E-state index contributed by atoms with van der Waals surface area (Å²) in [6.45, 7) is 1.31. The number of amides is 1. The van der Waals surface area contributed by atoms with Crippen LogP contribution in [0.2, 0.25) is 0 Å². The summed E-state index contributed by atoms with van der Waals surface area (Å²) < 4.78 is 0. The molecule has 0 aliphatic carbocycles. The van der Waals surface area contributed by atoms with Gasteiger partial charge in [0.1, 0.15) is 5.76 Å². The van der Waals surface area contributed by atoms with E-state index < -0.39 is 5.78 Å². The molecule has 0 spiro atoms. The molecule has 0 heterocycles. The second-order valence-corrected chi connectivity index (χ2v) is 5.58. The highest BCUT2D eigenvalue weighted by molar-refractivity contribution is 7.80. The SMILES string of the molecule is CC(=O)NNC(=S)/N=C/C(C(=O)c1ccccc1)=C(\O)c1ccccc1. The van der Waals surface area contributed by atoms with Gasteiger partial charge in [-0.3, -0.25) is 20.4 Å². The molecule has 0 fully saturated rings. The largest absolute Gasteiger partial charge is 0.506 e. The Morgan fingerprint density at radius 3 is 2.04 bits per heavy atom. The van der Waals surface area contributed by atoms with Crippen molar-refractivity contribution in [3.05, 3.63) is 77.4 Å². The van der Waals surface area contributed by atoms with Crippen molar-refractivity contribution in [3.63, 3.8) is 0 Å². The molecule has 0 saturated carbocycles. The van der Waals surface area contributed by atoms with Crippen LogP contribution >= 0.6 is 12.2 Å². The molecule has 1 amide bonds. The zero-order valence-corrected chi connectivity index (χ0v) is 14.8. The molecule has 0 bridgehead atoms. The van der Waals surface area contributed by atoms with Crippen molar-refractivity contribution in [2.75, 3.05) is 0 Å². The first-order chi connectivity index (χ1) is 12.5. The number of hydrazine groups is 1. The van der Waals surface area contributed by atoms with E-state index in [9.17, 15) is 14.7 Å². The number of carbonyl (C=O) groups excluding carboxylic acids is 2. The molecule has 0 saturated heterocycles. The van der Waals surface area contributed by atoms with E-state index in [1.807, 2.05) is 0 Å². The minimum atomic E-state index is -0.405. The van der Waals surface area contributed by atoms with Crippen LogP contribution in [0.25, 0.3) is 5.76 Å². The number of hydrogen-bond donors (Lipinski definition) is 3. The molecule has 6 nitrogen and oxygen atoms in total. The van der Waals surface area contributed by atoms with Crippen molar-refractivity contribution in [1.82, 2.24) is 10.9 Å². The summed E-state index contributed by atoms with van der Waals surface area (Å²) in [7, 11) is 0. The Morgan fingerprint density at radius 2 is 1.50 bits per heavy atom. The zero-order valence-electron chi connectivity index (χ0n) is 14.0. The van der Waals surface area contributed by atoms with Gasteiger partial charge < -0.3 is 5.11 Å². The van der Waals surface area contributed by atoms with Gasteiger partial charge in [-0.25, -0.2) is 4.99 Å². The molecule has 0 aromatic heterocycles. The smallest absolute Gasteiger partial charge is 0.235 e. The third-order valence-electron chi connectivity index (χ3n) is 3.24. The zero-order chi connectivity index (χ0) is 18.9. The number of aliphatic hydroxyl groups excluding tert-OH is 1. The number of carbonyl (C=O) groups is 2. The van der Waals surface area contributed by atoms with Crippen molar-refractivity contribution < 1.29 is 14.7 Å². The van der Waals surface area contributed by atoms with Gasteiger partial charge in [0.05, 0.1) is 5.57 Å². The lowest BCUT2D eigenvalue weighted by Crippen LogP contribution is -2.38. The molecule has 3 N–H and O–H groups in total. The first kappa shape index (κ1) is 19.0. The number of ketones is 1. The van der Waals surface area contributed by atoms with Crippen LogP contribution in [0.15, 0.2) is 71.2 Å². The molecular formula is C19H17N3O3S. The normalized spacial score (nSPS) is 11.6. The average Bonchev–Trinajstić information content (AvgIpc) is 2.67. The van der Waals surface area contributed by atoms with Crippen LogP contribution in [-0.2, 0) is 4.79 Å². The summed E-state index contributed by atoms with van der Waals surface area (Å²) in [5, 5.41) is 10.5. The van der Waals surface area contributed by atoms with Gasteiger partial charge in [0.2, 0.25) is 11.0 Å². The third-order valence-corrected chi connectivity index (χ3v) is 3.45. The lowest BCUT2D eigenvalue weighted by molar-refractivity contribution is -0.119. The molecule has 7 heteroatoms. The predicted octanol–water partition coefficient (Wildman–Crippen LogP) is 2.84. The number of allylic oxidation sites excluding steroid dienone is 1. The first-order valence-corrected chi connectivity index (χ1v) is 8.09. The summed E-state index contributed by atoms with van der Waals surface area (Å²) >= 11 is 4.96. The van der Waals surface area contributed by atoms with E-state index in [-0.39, 0.29) is 22.4 Å². The summed E-state index contributed by atoms with van der Waals surface area (Å²) in [4.78, 5) is 27.6. The fraction of sp³-hybridized carbons (Fsp3) is 0.0526. The topological polar surface area (TPSA) is 90.8 Å². The van der Waals surface area contributed by atoms with Gasteiger partial charge >= 0.3 is 0 Å². The molecule has 0 unspecified atom stereocenters. The van der Waals surface area contributed by atoms with Gasteiger partial charge in [-0.2, -0.15) is 0 Å². The van der Waals surface area contributed by atoms with E-state index in [2.05, 4.69) is 15.8 Å². The van der Waals surface area contributed by atoms with Crippen molar-refractivity contribution in [2.45, 2.75) is 6.92 Å². The standard InChI is InChI=1S/C19H17N3O3S/c1-13(23)21-22-19(26)20-12-16(17(24)14-8-4-2-5-9-14)18(25)15-10-6-3-7-11-15/h2-12,24H,1H3,(H,21,23)(H,22,26)/b17-16+,20-12+. The Hall–Kier alpha value is -3.32. The minimum Gasteiger partial charge on any atom is -0.506 e. The molecular weight excluding hydrogens is 350 g/mol. The molecule has 26 heavy (non-hydrogen) atoms. The van der Waals surface area contributed by atoms with Gasteiger partial charge in [-0.05, 0) is 12.2 Å². The summed E-state index contributed by atoms with van der Waals surface area (Å²) in [6.07, 6.45) is 1.18. The Bertz CT molecular complexity index is 862. The van der Waals surface area contributed by atoms with Crippen LogP contribution in [0.5, 0.6) is 0 Å². The van der Waals surface area contributed by atoms with E-state index in [4.69, 9.17) is 12.2 Å². The number of nitrogens with zero attached hydrogens (tertiary/aromatic N) is 1. The van der Waals surface area contributed by atoms with Crippen LogP contribution < -0.4 is 10.9 Å². The van der Waals surface area contributed by atoms with Crippen molar-refractivity contribution in [2.24, 2.45) is 4.99 Å². The van der Waals surface area contributed by atoms with Crippen molar-refractivity contribution in [3.8, 4) is 0 Å². The molecule has 0 aliphatic heterocycles. The maximum absolute atomic E-state index is 12.8. The lowest BCUT2D eigenvalue weighted by atomic mass is 10.0. The van der Waals surface area contributed by atoms with Crippen molar-refractivity contribution >= 4 is 41.0 Å². The fourth-order valence-electron chi connectivity index (χ4n) is 2.02. The second-order valence-electron chi connectivity index (χ2n) is 5.19. The summed E-state index contributed by atoms with van der Waals surface area (Å²) in [6, 6.07) is 17.2. The highest BCUT2D eigenvalue weighted by Gasteiger charge is 2.17. The fourth-order valence-corrected chi connectivity index (χ4v) is 2.12. The van der Waals surface area contributed by atoms with E-state index in [0.717, 1.165) is 0 Å². The number of aliphatic hydroxyl groups is 1. The Labute approximate surface area is 156 Å². The summed E-state index contributed by atoms with van der Waals surface area (Å²) in [5.74, 6) is -0.964. The number of aliphatic imine (C=N–C) groups is 1. The van der Waals surface area contributed by atoms with Crippen LogP contribution in [0.4, 0.5) is 0 Å². The van der Waals surface area contributed by atoms with Crippen LogP contribution in [0.3, 0.4) is 0 Å². The quantitative estimate of drug-likeness (QED) is 0.193. The molecule has 0 atom stereocenters. The molecule has 2 rings (SSSR count). The first-order valence-electron chi connectivity index (χ1n) is 7.68. The number of hydrogen-bond acceptors (Lipinski definition) is 4. The molecule has 0 radical (unpaired) electrons. The number of benzene rings is 2. The van der Waals surface area contributed by atoms with E-state index >= 15 is 0 Å². The summed E-state index contributed by atoms with van der Waals surface area (Å²) in [5.41, 5.74) is 5.55. The Kier molecular flexibility index (Phi) is 6.75. The van der Waals surface area contributed by atoms with Crippen LogP contribution in [0, 0.1) is 0 Å². The number of Topliss-reactive ketones (excluding diaryl/α,β-unsaturated/α-hetero) is 1. The third kappa shape index (κ3) is 5.35. The maximum atomic E-state index is 12.8. The van der Waals surface area contributed by atoms with Crippen LogP contribution in [0.1, 0.15) is 22.8 Å². The molecule has 0 aliphatic rings. The lowest BCUT2D eigenvalue weighted by Gasteiger charge is -2.08. The van der Waals surface area contributed by atoms with Crippen molar-refractivity contribution in [1.29, 1.82) is 0 Å². The second kappa shape index (κ2) is 9.24. The average molecular weight is 367 g/mol. The van der Waals surface area contributed by atoms with Gasteiger partial charge in [-0.15, -0.1) is 0 Å². The Balaban J connectivity index is 2.38. The monoisotopic (exact) mass is 367 g/mol. The van der Waals surface area contributed by atoms with E-state index in [1.54, 1.807) is 60.7 Å². The van der Waals surface area contributed by atoms with Gasteiger partial charge in [0.15, 0.2) is 5.78 Å².